The van der Waals surface area contributed by atoms with Crippen LogP contribution in [0.2, 0.25) is 0 Å². The van der Waals surface area contributed by atoms with Gasteiger partial charge < -0.3 is 9.67 Å². The summed E-state index contributed by atoms with van der Waals surface area (Å²) in [4.78, 5) is 19.2. The van der Waals surface area contributed by atoms with Crippen LogP contribution in [0.4, 0.5) is 0 Å². The third kappa shape index (κ3) is 6.40. The fourth-order valence-corrected chi connectivity index (χ4v) is 4.98. The molecule has 0 aliphatic heterocycles. The van der Waals surface area contributed by atoms with Crippen molar-refractivity contribution in [2.75, 3.05) is 6.54 Å². The van der Waals surface area contributed by atoms with Gasteiger partial charge in [0.15, 0.2) is 0 Å². The average Bonchev–Trinajstić information content (AvgIpc) is 3.34. The van der Waals surface area contributed by atoms with E-state index >= 15 is 0 Å². The minimum atomic E-state index is -0.895. The molecule has 1 N–H and O–H groups in total. The molecular weight excluding hydrogens is 470 g/mol. The number of rotatable bonds is 13. The first-order valence-electron chi connectivity index (χ1n) is 13.8. The zero-order chi connectivity index (χ0) is 26.9. The van der Waals surface area contributed by atoms with Crippen molar-refractivity contribution in [3.8, 4) is 22.6 Å². The summed E-state index contributed by atoms with van der Waals surface area (Å²) < 4.78 is 2.44. The molecule has 0 amide bonds. The molecule has 5 heteroatoms. The van der Waals surface area contributed by atoms with Crippen LogP contribution in [0.5, 0.6) is 0 Å². The van der Waals surface area contributed by atoms with E-state index in [1.54, 1.807) is 12.1 Å². The standard InChI is InChI=1S/C33H39N3O2/c1-4-6-22-35(24-26-18-20-29(21-19-26)33(37)38)25(3)31-30(27-14-10-8-11-15-27)34-32(36(31)23-7-5-2)28-16-12-9-13-17-28/h8-21,25H,4-7,22-24H2,1-3H3,(H,37,38). The van der Waals surface area contributed by atoms with E-state index in [1.165, 1.54) is 5.69 Å². The van der Waals surface area contributed by atoms with Crippen LogP contribution in [0.1, 0.15) is 74.1 Å². The van der Waals surface area contributed by atoms with Crippen molar-refractivity contribution < 1.29 is 9.90 Å². The lowest BCUT2D eigenvalue weighted by Gasteiger charge is -2.31. The third-order valence-corrected chi connectivity index (χ3v) is 7.15. The van der Waals surface area contributed by atoms with Gasteiger partial charge in [0.05, 0.1) is 17.0 Å². The summed E-state index contributed by atoms with van der Waals surface area (Å²) in [6.07, 6.45) is 4.38. The van der Waals surface area contributed by atoms with Gasteiger partial charge in [-0.1, -0.05) is 99.5 Å². The van der Waals surface area contributed by atoms with E-state index in [4.69, 9.17) is 4.98 Å². The molecule has 0 fully saturated rings. The molecule has 0 saturated carbocycles. The minimum absolute atomic E-state index is 0.109. The number of carboxylic acid groups (broad SMARTS) is 1. The predicted molar refractivity (Wildman–Crippen MR) is 155 cm³/mol. The van der Waals surface area contributed by atoms with Gasteiger partial charge in [0.25, 0.3) is 0 Å². The Hall–Kier alpha value is -3.70. The number of carbonyl (C=O) groups is 1. The van der Waals surface area contributed by atoms with Crippen molar-refractivity contribution in [2.24, 2.45) is 0 Å². The van der Waals surface area contributed by atoms with Crippen LogP contribution in [-0.4, -0.2) is 32.1 Å². The predicted octanol–water partition coefficient (Wildman–Crippen LogP) is 8.08. The molecule has 198 valence electrons. The number of benzene rings is 3. The Labute approximate surface area is 226 Å². The van der Waals surface area contributed by atoms with Gasteiger partial charge in [-0.05, 0) is 44.0 Å². The van der Waals surface area contributed by atoms with Gasteiger partial charge >= 0.3 is 5.97 Å². The lowest BCUT2D eigenvalue weighted by atomic mass is 10.0. The van der Waals surface area contributed by atoms with Crippen LogP contribution in [-0.2, 0) is 13.1 Å². The molecule has 1 atom stereocenters. The van der Waals surface area contributed by atoms with E-state index in [9.17, 15) is 9.90 Å². The van der Waals surface area contributed by atoms with Crippen LogP contribution in [0.25, 0.3) is 22.6 Å². The first kappa shape index (κ1) is 27.3. The third-order valence-electron chi connectivity index (χ3n) is 7.15. The molecule has 0 spiro atoms. The Balaban J connectivity index is 1.82. The van der Waals surface area contributed by atoms with Crippen molar-refractivity contribution >= 4 is 5.97 Å². The molecule has 0 aliphatic carbocycles. The molecule has 38 heavy (non-hydrogen) atoms. The Bertz CT molecular complexity index is 1300. The maximum Gasteiger partial charge on any atom is 0.335 e. The lowest BCUT2D eigenvalue weighted by Crippen LogP contribution is -2.30. The van der Waals surface area contributed by atoms with Crippen LogP contribution in [0.3, 0.4) is 0 Å². The highest BCUT2D eigenvalue weighted by atomic mass is 16.4. The number of unbranched alkanes of at least 4 members (excludes halogenated alkanes) is 2. The smallest absolute Gasteiger partial charge is 0.335 e. The summed E-state index contributed by atoms with van der Waals surface area (Å²) in [6.45, 7) is 9.35. The maximum absolute atomic E-state index is 11.4. The van der Waals surface area contributed by atoms with E-state index < -0.39 is 5.97 Å². The molecule has 0 radical (unpaired) electrons. The van der Waals surface area contributed by atoms with Crippen molar-refractivity contribution in [1.29, 1.82) is 0 Å². The monoisotopic (exact) mass is 509 g/mol. The number of aromatic nitrogens is 2. The van der Waals surface area contributed by atoms with E-state index in [0.717, 1.165) is 73.5 Å². The lowest BCUT2D eigenvalue weighted by molar-refractivity contribution is 0.0697. The molecule has 4 aromatic rings. The quantitative estimate of drug-likeness (QED) is 0.198. The summed E-state index contributed by atoms with van der Waals surface area (Å²) in [5.41, 5.74) is 5.96. The number of imidazole rings is 1. The van der Waals surface area contributed by atoms with E-state index in [2.05, 4.69) is 78.8 Å². The number of aromatic carboxylic acids is 1. The summed E-state index contributed by atoms with van der Waals surface area (Å²) in [6, 6.07) is 28.4. The molecule has 0 aliphatic rings. The molecule has 5 nitrogen and oxygen atoms in total. The van der Waals surface area contributed by atoms with Gasteiger partial charge in [-0.15, -0.1) is 0 Å². The number of carboxylic acids is 1. The van der Waals surface area contributed by atoms with Gasteiger partial charge in [0.2, 0.25) is 0 Å². The molecule has 0 bridgehead atoms. The van der Waals surface area contributed by atoms with Crippen molar-refractivity contribution in [3.05, 3.63) is 102 Å². The highest BCUT2D eigenvalue weighted by Gasteiger charge is 2.27. The van der Waals surface area contributed by atoms with E-state index in [1.807, 2.05) is 24.3 Å². The largest absolute Gasteiger partial charge is 0.478 e. The molecule has 1 aromatic heterocycles. The highest BCUT2D eigenvalue weighted by molar-refractivity contribution is 5.87. The SMILES string of the molecule is CCCCN(Cc1ccc(C(=O)O)cc1)C(C)c1c(-c2ccccc2)nc(-c2ccccc2)n1CCCC. The molecule has 0 saturated heterocycles. The summed E-state index contributed by atoms with van der Waals surface area (Å²) in [7, 11) is 0. The summed E-state index contributed by atoms with van der Waals surface area (Å²) >= 11 is 0. The van der Waals surface area contributed by atoms with Crippen LogP contribution < -0.4 is 0 Å². The van der Waals surface area contributed by atoms with Gasteiger partial charge in [0.1, 0.15) is 5.82 Å². The average molecular weight is 510 g/mol. The fraction of sp³-hybridized carbons (Fsp3) is 0.333. The summed E-state index contributed by atoms with van der Waals surface area (Å²) in [5, 5.41) is 9.33. The van der Waals surface area contributed by atoms with Gasteiger partial charge in [-0.2, -0.15) is 0 Å². The molecule has 1 heterocycles. The fourth-order valence-electron chi connectivity index (χ4n) is 4.98. The van der Waals surface area contributed by atoms with Crippen LogP contribution >= 0.6 is 0 Å². The Kier molecular flexibility index (Phi) is 9.50. The normalized spacial score (nSPS) is 12.1. The van der Waals surface area contributed by atoms with E-state index in [0.29, 0.717) is 5.56 Å². The first-order chi connectivity index (χ1) is 18.5. The molecule has 1 unspecified atom stereocenters. The summed E-state index contributed by atoms with van der Waals surface area (Å²) in [5.74, 6) is 0.120. The van der Waals surface area contributed by atoms with Crippen molar-refractivity contribution in [2.45, 2.75) is 65.6 Å². The Morgan fingerprint density at radius 2 is 1.47 bits per heavy atom. The van der Waals surface area contributed by atoms with Gasteiger partial charge in [-0.3, -0.25) is 4.90 Å². The Morgan fingerprint density at radius 1 is 0.868 bits per heavy atom. The van der Waals surface area contributed by atoms with Gasteiger partial charge in [0, 0.05) is 30.3 Å². The van der Waals surface area contributed by atoms with Crippen LogP contribution in [0.15, 0.2) is 84.9 Å². The number of hydrogen-bond acceptors (Lipinski definition) is 3. The minimum Gasteiger partial charge on any atom is -0.478 e. The zero-order valence-electron chi connectivity index (χ0n) is 22.8. The zero-order valence-corrected chi connectivity index (χ0v) is 22.8. The Morgan fingerprint density at radius 3 is 2.05 bits per heavy atom. The van der Waals surface area contributed by atoms with E-state index in [-0.39, 0.29) is 6.04 Å². The molecule has 4 rings (SSSR count). The molecular formula is C33H39N3O2. The first-order valence-corrected chi connectivity index (χ1v) is 13.8. The maximum atomic E-state index is 11.4. The second kappa shape index (κ2) is 13.2. The topological polar surface area (TPSA) is 58.4 Å². The van der Waals surface area contributed by atoms with Crippen molar-refractivity contribution in [1.82, 2.24) is 14.5 Å². The second-order valence-electron chi connectivity index (χ2n) is 9.91. The molecule has 3 aromatic carbocycles. The van der Waals surface area contributed by atoms with Crippen molar-refractivity contribution in [3.63, 3.8) is 0 Å². The second-order valence-corrected chi connectivity index (χ2v) is 9.91. The van der Waals surface area contributed by atoms with Crippen LogP contribution in [0, 0.1) is 0 Å². The number of hydrogen-bond donors (Lipinski definition) is 1. The number of nitrogens with zero attached hydrogens (tertiary/aromatic N) is 3. The van der Waals surface area contributed by atoms with Gasteiger partial charge in [-0.25, -0.2) is 9.78 Å². The highest BCUT2D eigenvalue weighted by Crippen LogP contribution is 2.36.